The number of allylic oxidation sites excluding steroid dienone is 1. The molecule has 4 rings (SSSR count). The van der Waals surface area contributed by atoms with Crippen LogP contribution in [0.1, 0.15) is 65.2 Å². The molecule has 0 aromatic rings. The van der Waals surface area contributed by atoms with E-state index >= 15 is 0 Å². The van der Waals surface area contributed by atoms with Gasteiger partial charge in [0, 0.05) is 11.0 Å². The van der Waals surface area contributed by atoms with E-state index in [0.29, 0.717) is 23.0 Å². The lowest BCUT2D eigenvalue weighted by Gasteiger charge is -2.59. The van der Waals surface area contributed by atoms with Gasteiger partial charge in [0.15, 0.2) is 0 Å². The highest BCUT2D eigenvalue weighted by Crippen LogP contribution is 2.67. The number of aliphatic hydroxyl groups is 2. The first-order chi connectivity index (χ1) is 12.3. The van der Waals surface area contributed by atoms with Crippen molar-refractivity contribution in [3.8, 4) is 0 Å². The number of aliphatic hydroxyl groups excluding tert-OH is 2. The van der Waals surface area contributed by atoms with Gasteiger partial charge in [-0.2, -0.15) is 25.3 Å². The summed E-state index contributed by atoms with van der Waals surface area (Å²) in [5.41, 5.74) is 1.85. The van der Waals surface area contributed by atoms with Crippen LogP contribution in [0.3, 0.4) is 0 Å². The zero-order valence-electron chi connectivity index (χ0n) is 16.3. The molecule has 148 valence electrons. The second kappa shape index (κ2) is 7.00. The zero-order valence-corrected chi connectivity index (χ0v) is 18.1. The van der Waals surface area contributed by atoms with Gasteiger partial charge in [0.2, 0.25) is 0 Å². The summed E-state index contributed by atoms with van der Waals surface area (Å²) in [6.07, 6.45) is 10.8. The van der Waals surface area contributed by atoms with Crippen LogP contribution in [-0.2, 0) is 0 Å². The Labute approximate surface area is 170 Å². The lowest BCUT2D eigenvalue weighted by Crippen LogP contribution is -2.53. The summed E-state index contributed by atoms with van der Waals surface area (Å²) in [4.78, 5) is 0. The summed E-state index contributed by atoms with van der Waals surface area (Å²) in [6.45, 7) is 4.61. The Bertz CT molecular complexity index is 578. The van der Waals surface area contributed by atoms with Crippen LogP contribution in [0.2, 0.25) is 0 Å². The summed E-state index contributed by atoms with van der Waals surface area (Å²) in [5.74, 6) is 3.32. The van der Waals surface area contributed by atoms with Gasteiger partial charge >= 0.3 is 0 Å². The molecular formula is C22H36O2S2. The molecule has 0 aromatic carbocycles. The van der Waals surface area contributed by atoms with E-state index in [2.05, 4.69) is 32.6 Å². The maximum atomic E-state index is 10.9. The topological polar surface area (TPSA) is 40.5 Å². The van der Waals surface area contributed by atoms with Crippen molar-refractivity contribution in [3.63, 3.8) is 0 Å². The lowest BCUT2D eigenvalue weighted by molar-refractivity contribution is -0.0851. The predicted octanol–water partition coefficient (Wildman–Crippen LogP) is 4.52. The molecule has 4 heteroatoms. The van der Waals surface area contributed by atoms with Crippen LogP contribution < -0.4 is 0 Å². The fourth-order valence-electron chi connectivity index (χ4n) is 7.71. The number of hydrogen-bond acceptors (Lipinski definition) is 4. The van der Waals surface area contributed by atoms with E-state index < -0.39 is 0 Å². The van der Waals surface area contributed by atoms with Crippen LogP contribution in [-0.4, -0.2) is 33.4 Å². The minimum atomic E-state index is -0.258. The van der Waals surface area contributed by atoms with Crippen molar-refractivity contribution in [3.05, 3.63) is 11.6 Å². The third-order valence-corrected chi connectivity index (χ3v) is 10.00. The Morgan fingerprint density at radius 2 is 1.96 bits per heavy atom. The Hall–Kier alpha value is 0.360. The van der Waals surface area contributed by atoms with Crippen LogP contribution in [0, 0.1) is 34.5 Å². The molecule has 4 unspecified atom stereocenters. The van der Waals surface area contributed by atoms with Crippen molar-refractivity contribution in [1.29, 1.82) is 0 Å². The van der Waals surface area contributed by atoms with Crippen molar-refractivity contribution in [2.75, 3.05) is 5.75 Å². The highest BCUT2D eigenvalue weighted by Gasteiger charge is 2.61. The van der Waals surface area contributed by atoms with Crippen LogP contribution in [0.5, 0.6) is 0 Å². The van der Waals surface area contributed by atoms with E-state index in [1.54, 1.807) is 0 Å². The fourth-order valence-corrected chi connectivity index (χ4v) is 8.16. The molecule has 2 nitrogen and oxygen atoms in total. The SMILES string of the molecule is CC1C[C@H]2[C@@H]3CCC4=CC(O)CC[C@]4(CC(S)CS)[C@@H]3CC[C@]2(C)C1O. The zero-order chi connectivity index (χ0) is 18.7. The molecule has 9 atom stereocenters. The molecule has 0 radical (unpaired) electrons. The summed E-state index contributed by atoms with van der Waals surface area (Å²) in [5, 5.41) is 21.5. The minimum absolute atomic E-state index is 0.112. The van der Waals surface area contributed by atoms with E-state index in [9.17, 15) is 10.2 Å². The van der Waals surface area contributed by atoms with Gasteiger partial charge in [-0.15, -0.1) is 0 Å². The summed E-state index contributed by atoms with van der Waals surface area (Å²) in [7, 11) is 0. The van der Waals surface area contributed by atoms with Gasteiger partial charge in [0.25, 0.3) is 0 Å². The molecule has 3 fully saturated rings. The van der Waals surface area contributed by atoms with Gasteiger partial charge in [-0.1, -0.05) is 25.5 Å². The Kier molecular flexibility index (Phi) is 5.30. The molecule has 0 heterocycles. The first kappa shape index (κ1) is 19.7. The standard InChI is InChI=1S/C22H36O2S2/c1-13-9-19-17-4-3-14-10-15(23)5-8-22(14,11-16(26)12-25)18(17)6-7-21(19,2)20(13)24/h10,13,15-20,23-26H,3-9,11-12H2,1-2H3/t13?,15?,16?,17-,18-,19+,20?,21+,22-/m1/s1. The first-order valence-electron chi connectivity index (χ1n) is 10.7. The normalized spacial score (nSPS) is 51.8. The smallest absolute Gasteiger partial charge is 0.0724 e. The second-order valence-electron chi connectivity index (χ2n) is 10.1. The Morgan fingerprint density at radius 1 is 1.19 bits per heavy atom. The Balaban J connectivity index is 1.70. The van der Waals surface area contributed by atoms with E-state index in [1.165, 1.54) is 24.8 Å². The summed E-state index contributed by atoms with van der Waals surface area (Å²) in [6, 6.07) is 0. The average Bonchev–Trinajstić information content (AvgIpc) is 2.85. The van der Waals surface area contributed by atoms with E-state index in [1.807, 2.05) is 0 Å². The third kappa shape index (κ3) is 2.84. The van der Waals surface area contributed by atoms with Crippen LogP contribution in [0.4, 0.5) is 0 Å². The molecule has 4 aliphatic rings. The van der Waals surface area contributed by atoms with E-state index in [0.717, 1.165) is 43.8 Å². The summed E-state index contributed by atoms with van der Waals surface area (Å²) < 4.78 is 0. The van der Waals surface area contributed by atoms with Gasteiger partial charge in [-0.25, -0.2) is 0 Å². The van der Waals surface area contributed by atoms with E-state index in [-0.39, 0.29) is 23.0 Å². The summed E-state index contributed by atoms with van der Waals surface area (Å²) >= 11 is 9.37. The number of rotatable bonds is 3. The minimum Gasteiger partial charge on any atom is -0.392 e. The highest BCUT2D eigenvalue weighted by molar-refractivity contribution is 7.84. The maximum absolute atomic E-state index is 10.9. The largest absolute Gasteiger partial charge is 0.392 e. The highest BCUT2D eigenvalue weighted by atomic mass is 32.1. The molecule has 3 saturated carbocycles. The molecule has 0 bridgehead atoms. The Morgan fingerprint density at radius 3 is 2.69 bits per heavy atom. The quantitative estimate of drug-likeness (QED) is 0.419. The predicted molar refractivity (Wildman–Crippen MR) is 114 cm³/mol. The molecular weight excluding hydrogens is 360 g/mol. The lowest BCUT2D eigenvalue weighted by atomic mass is 9.46. The van der Waals surface area contributed by atoms with Crippen LogP contribution in [0.15, 0.2) is 11.6 Å². The van der Waals surface area contributed by atoms with Gasteiger partial charge in [0.1, 0.15) is 0 Å². The second-order valence-corrected chi connectivity index (χ2v) is 11.2. The van der Waals surface area contributed by atoms with Gasteiger partial charge in [-0.3, -0.25) is 0 Å². The molecule has 0 amide bonds. The maximum Gasteiger partial charge on any atom is 0.0724 e. The number of hydrogen-bond donors (Lipinski definition) is 4. The van der Waals surface area contributed by atoms with Crippen molar-refractivity contribution < 1.29 is 10.2 Å². The third-order valence-electron chi connectivity index (χ3n) is 8.90. The van der Waals surface area contributed by atoms with Gasteiger partial charge < -0.3 is 10.2 Å². The van der Waals surface area contributed by atoms with E-state index in [4.69, 9.17) is 12.6 Å². The molecule has 2 N–H and O–H groups in total. The fraction of sp³-hybridized carbons (Fsp3) is 0.909. The van der Waals surface area contributed by atoms with Crippen molar-refractivity contribution >= 4 is 25.3 Å². The van der Waals surface area contributed by atoms with Crippen molar-refractivity contribution in [1.82, 2.24) is 0 Å². The molecule has 0 spiro atoms. The monoisotopic (exact) mass is 396 g/mol. The van der Waals surface area contributed by atoms with Gasteiger partial charge in [0.05, 0.1) is 12.2 Å². The van der Waals surface area contributed by atoms with Crippen molar-refractivity contribution in [2.45, 2.75) is 82.7 Å². The van der Waals surface area contributed by atoms with Crippen LogP contribution >= 0.6 is 25.3 Å². The molecule has 26 heavy (non-hydrogen) atoms. The van der Waals surface area contributed by atoms with Crippen molar-refractivity contribution in [2.24, 2.45) is 34.5 Å². The molecule has 0 saturated heterocycles. The number of fused-ring (bicyclic) bond motifs is 5. The average molecular weight is 397 g/mol. The van der Waals surface area contributed by atoms with Crippen LogP contribution in [0.25, 0.3) is 0 Å². The first-order valence-corrected chi connectivity index (χ1v) is 11.8. The molecule has 0 aromatic heterocycles. The number of thiol groups is 2. The molecule has 0 aliphatic heterocycles. The van der Waals surface area contributed by atoms with Gasteiger partial charge in [-0.05, 0) is 85.9 Å². The molecule has 4 aliphatic carbocycles.